The van der Waals surface area contributed by atoms with Crippen LogP contribution in [0.5, 0.6) is 0 Å². The zero-order valence-electron chi connectivity index (χ0n) is 9.43. The second-order valence-corrected chi connectivity index (χ2v) is 6.65. The summed E-state index contributed by atoms with van der Waals surface area (Å²) < 4.78 is 18.4. The van der Waals surface area contributed by atoms with E-state index in [0.717, 1.165) is 11.3 Å². The molecular formula is C11H17NO2P+. The van der Waals surface area contributed by atoms with Gasteiger partial charge in [-0.25, -0.2) is 4.58 Å². The number of rotatable bonds is 4. The topological polar surface area (TPSA) is 29.3 Å². The first-order valence-electron chi connectivity index (χ1n) is 4.71. The molecule has 0 aliphatic rings. The number of hydrogen-bond acceptors (Lipinski definition) is 2. The van der Waals surface area contributed by atoms with Gasteiger partial charge in [-0.2, -0.15) is 0 Å². The lowest BCUT2D eigenvalue weighted by molar-refractivity contribution is -0.394. The Labute approximate surface area is 90.9 Å². The van der Waals surface area contributed by atoms with Crippen molar-refractivity contribution in [1.82, 2.24) is 0 Å². The second-order valence-electron chi connectivity index (χ2n) is 3.89. The average molecular weight is 226 g/mol. The summed E-state index contributed by atoms with van der Waals surface area (Å²) in [4.78, 5) is 0. The summed E-state index contributed by atoms with van der Waals surface area (Å²) in [5, 5.41) is 0. The summed E-state index contributed by atoms with van der Waals surface area (Å²) in [7, 11) is -0.498. The van der Waals surface area contributed by atoms with Crippen molar-refractivity contribution in [2.45, 2.75) is 6.61 Å². The largest absolute Gasteiger partial charge is 0.324 e. The van der Waals surface area contributed by atoms with Crippen LogP contribution in [0.2, 0.25) is 0 Å². The number of hydrogen-bond donors (Lipinski definition) is 0. The molecule has 0 atom stereocenters. The van der Waals surface area contributed by atoms with Crippen molar-refractivity contribution >= 4 is 19.8 Å². The maximum absolute atomic E-state index is 11.3. The third-order valence-corrected chi connectivity index (χ3v) is 2.67. The molecule has 0 fully saturated rings. The zero-order chi connectivity index (χ0) is 11.5. The lowest BCUT2D eigenvalue weighted by Crippen LogP contribution is -1.94. The van der Waals surface area contributed by atoms with E-state index < -0.39 is 7.37 Å². The third kappa shape index (κ3) is 4.41. The molecule has 1 aromatic rings. The molecule has 0 N–H and O–H groups in total. The molecule has 0 aliphatic carbocycles. The van der Waals surface area contributed by atoms with Gasteiger partial charge in [0.1, 0.15) is 13.8 Å². The van der Waals surface area contributed by atoms with Crippen molar-refractivity contribution < 1.29 is 13.7 Å². The molecule has 0 aromatic heterocycles. The van der Waals surface area contributed by atoms with Crippen molar-refractivity contribution in [3.63, 3.8) is 0 Å². The quantitative estimate of drug-likeness (QED) is 0.449. The molecule has 0 unspecified atom stereocenters. The predicted octanol–water partition coefficient (Wildman–Crippen LogP) is 2.72. The molecule has 4 heteroatoms. The van der Waals surface area contributed by atoms with E-state index in [1.54, 1.807) is 17.9 Å². The smallest absolute Gasteiger partial charge is 0.204 e. The fourth-order valence-electron chi connectivity index (χ4n) is 1.08. The maximum atomic E-state index is 11.3. The van der Waals surface area contributed by atoms with E-state index in [0.29, 0.717) is 6.61 Å². The highest BCUT2D eigenvalue weighted by Gasteiger charge is 2.07. The predicted molar refractivity (Wildman–Crippen MR) is 63.7 cm³/mol. The minimum atomic E-state index is -2.38. The summed E-state index contributed by atoms with van der Waals surface area (Å²) in [5.74, 6) is 0. The Kier molecular flexibility index (Phi) is 3.83. The van der Waals surface area contributed by atoms with Gasteiger partial charge in [0.15, 0.2) is 7.37 Å². The van der Waals surface area contributed by atoms with Gasteiger partial charge < -0.3 is 4.52 Å². The fraction of sp³-hybridized carbons (Fsp3) is 0.364. The molecule has 0 spiro atoms. The van der Waals surface area contributed by atoms with Crippen molar-refractivity contribution in [2.75, 3.05) is 20.4 Å². The molecule has 82 valence electrons. The van der Waals surface area contributed by atoms with Crippen LogP contribution in [0.4, 0.5) is 5.69 Å². The first-order valence-corrected chi connectivity index (χ1v) is 7.23. The van der Waals surface area contributed by atoms with Gasteiger partial charge in [-0.15, -0.1) is 0 Å². The highest BCUT2D eigenvalue weighted by Crippen LogP contribution is 2.38. The van der Waals surface area contributed by atoms with Gasteiger partial charge in [-0.3, -0.25) is 4.57 Å². The van der Waals surface area contributed by atoms with Gasteiger partial charge in [-0.1, -0.05) is 12.1 Å². The minimum Gasteiger partial charge on any atom is -0.324 e. The lowest BCUT2D eigenvalue weighted by Gasteiger charge is -2.07. The van der Waals surface area contributed by atoms with Crippen LogP contribution in [0, 0.1) is 0 Å². The van der Waals surface area contributed by atoms with Crippen molar-refractivity contribution in [3.8, 4) is 0 Å². The van der Waals surface area contributed by atoms with Crippen molar-refractivity contribution in [1.29, 1.82) is 0 Å². The molecule has 0 aliphatic heterocycles. The van der Waals surface area contributed by atoms with Gasteiger partial charge in [0, 0.05) is 25.5 Å². The molecule has 0 saturated carbocycles. The molecule has 1 rings (SSSR count). The molecule has 15 heavy (non-hydrogen) atoms. The average Bonchev–Trinajstić information content (AvgIpc) is 2.14. The van der Waals surface area contributed by atoms with Crippen LogP contribution in [0.25, 0.3) is 0 Å². The summed E-state index contributed by atoms with van der Waals surface area (Å²) in [6, 6.07) is 7.82. The van der Waals surface area contributed by atoms with Crippen molar-refractivity contribution in [2.24, 2.45) is 0 Å². The van der Waals surface area contributed by atoms with Gasteiger partial charge in [0.25, 0.3) is 0 Å². The Morgan fingerprint density at radius 1 is 1.33 bits per heavy atom. The zero-order valence-corrected chi connectivity index (χ0v) is 10.3. The highest BCUT2D eigenvalue weighted by molar-refractivity contribution is 7.57. The van der Waals surface area contributed by atoms with Crippen LogP contribution in [0.15, 0.2) is 24.3 Å². The first-order chi connectivity index (χ1) is 6.88. The van der Waals surface area contributed by atoms with Crippen LogP contribution < -0.4 is 0 Å². The summed E-state index contributed by atoms with van der Waals surface area (Å²) >= 11 is 0. The molecule has 0 bridgehead atoms. The van der Waals surface area contributed by atoms with Gasteiger partial charge in [-0.05, 0) is 5.56 Å². The Morgan fingerprint density at radius 2 is 1.87 bits per heavy atom. The van der Waals surface area contributed by atoms with Gasteiger partial charge >= 0.3 is 0 Å². The normalized spacial score (nSPS) is 11.4. The van der Waals surface area contributed by atoms with E-state index in [1.165, 1.54) is 0 Å². The molecule has 0 saturated heterocycles. The number of nitrogens with zero attached hydrogens (tertiary/aromatic N) is 1. The van der Waals surface area contributed by atoms with Gasteiger partial charge in [0.05, 0.1) is 6.61 Å². The number of benzene rings is 1. The molecule has 1 aromatic carbocycles. The monoisotopic (exact) mass is 226 g/mol. The van der Waals surface area contributed by atoms with Gasteiger partial charge in [0.2, 0.25) is 5.69 Å². The second kappa shape index (κ2) is 4.73. The summed E-state index contributed by atoms with van der Waals surface area (Å²) in [6.07, 6.45) is 0. The summed E-state index contributed by atoms with van der Waals surface area (Å²) in [6.45, 7) is 7.41. The van der Waals surface area contributed by atoms with E-state index in [9.17, 15) is 4.57 Å². The van der Waals surface area contributed by atoms with E-state index in [1.807, 2.05) is 31.3 Å². The summed E-state index contributed by atoms with van der Waals surface area (Å²) in [5.41, 5.74) is 2.06. The standard InChI is InChI=1S/C11H17NO2P/c1-12(2)11-7-5-10(6-8-11)9-14-15(3,4)13/h5-8H,1,9H2,2-4H3/q+1. The van der Waals surface area contributed by atoms with E-state index in [4.69, 9.17) is 4.52 Å². The van der Waals surface area contributed by atoms with Crippen molar-refractivity contribution in [3.05, 3.63) is 29.8 Å². The lowest BCUT2D eigenvalue weighted by atomic mass is 10.2. The van der Waals surface area contributed by atoms with Crippen LogP contribution in [0.1, 0.15) is 5.56 Å². The first kappa shape index (κ1) is 12.2. The maximum Gasteiger partial charge on any atom is 0.204 e. The Balaban J connectivity index is 2.65. The Morgan fingerprint density at radius 3 is 2.27 bits per heavy atom. The SMILES string of the molecule is C=[N+](C)c1ccc(COP(C)(C)=O)cc1. The van der Waals surface area contributed by atoms with E-state index >= 15 is 0 Å². The highest BCUT2D eigenvalue weighted by atomic mass is 31.2. The van der Waals surface area contributed by atoms with Crippen LogP contribution in [-0.4, -0.2) is 31.7 Å². The minimum absolute atomic E-state index is 0.394. The Hall–Kier alpha value is -0.920. The molecule has 0 heterocycles. The fourth-order valence-corrected chi connectivity index (χ4v) is 1.54. The molecule has 0 amide bonds. The third-order valence-electron chi connectivity index (χ3n) is 1.92. The molecule has 3 nitrogen and oxygen atoms in total. The molecular weight excluding hydrogens is 209 g/mol. The van der Waals surface area contributed by atoms with E-state index in [2.05, 4.69) is 6.72 Å². The van der Waals surface area contributed by atoms with Crippen LogP contribution >= 0.6 is 7.37 Å². The molecule has 0 radical (unpaired) electrons. The van der Waals surface area contributed by atoms with Crippen LogP contribution in [0.3, 0.4) is 0 Å². The Bertz CT molecular complexity index is 392. The van der Waals surface area contributed by atoms with E-state index in [-0.39, 0.29) is 0 Å². The van der Waals surface area contributed by atoms with Crippen LogP contribution in [-0.2, 0) is 15.7 Å².